The van der Waals surface area contributed by atoms with Gasteiger partial charge in [-0.15, -0.1) is 0 Å². The number of cyclic esters (lactones) is 1. The zero-order valence-electron chi connectivity index (χ0n) is 44.1. The van der Waals surface area contributed by atoms with Crippen LogP contribution < -0.4 is 20.7 Å². The third-order valence-electron chi connectivity index (χ3n) is 13.0. The lowest BCUT2D eigenvalue weighted by Crippen LogP contribution is -2.60. The number of methoxy groups -OCH3 is 1. The van der Waals surface area contributed by atoms with E-state index in [-0.39, 0.29) is 68.6 Å². The Balaban J connectivity index is 1.92. The number of nitrogens with zero attached hydrogens (tertiary/aromatic N) is 5. The predicted octanol–water partition coefficient (Wildman–Crippen LogP) is 5.61. The fraction of sp³-hybridized carbons (Fsp3) is 0.593. The van der Waals surface area contributed by atoms with E-state index in [1.54, 1.807) is 7.11 Å². The molecule has 1 aliphatic rings. The van der Waals surface area contributed by atoms with Gasteiger partial charge >= 0.3 is 5.97 Å². The standard InChI is InChI=1S/C54H78N8O9/c1-32(2)25-41-51(66)59(10)36(9)54(69)71-47(19-16-24-55)50(65)58-43(27-34(5)6)53(68)60(11)45(28-35(7)8)48(63)57-42(26-33(3)4)52(67)61(12)46(49(64)56-41)29-38-31-62(44-18-15-14-17-40(38)44)30-37-20-22-39(70-13)23-21-37/h14-15,17-18,20-23,31-36,41-43,45-47H,16,19,25-30H2,1-13H3,(H,56,64)(H,57,63)(H,58,65)/t36-,41-,42-,43-,45-,46-,47+/m0/s1. The third kappa shape index (κ3) is 15.5. The molecule has 0 spiro atoms. The van der Waals surface area contributed by atoms with Crippen LogP contribution in [0.4, 0.5) is 0 Å². The van der Waals surface area contributed by atoms with Crippen LogP contribution in [0.25, 0.3) is 10.9 Å². The van der Waals surface area contributed by atoms with Gasteiger partial charge in [0, 0.05) is 64.1 Å². The number of nitrogens with one attached hydrogen (secondary N) is 3. The summed E-state index contributed by atoms with van der Waals surface area (Å²) in [6, 6.07) is 10.4. The van der Waals surface area contributed by atoms with E-state index in [4.69, 9.17) is 9.47 Å². The summed E-state index contributed by atoms with van der Waals surface area (Å²) in [5, 5.41) is 19.1. The maximum atomic E-state index is 15.1. The molecule has 0 radical (unpaired) electrons. The first-order valence-electron chi connectivity index (χ1n) is 25.0. The summed E-state index contributed by atoms with van der Waals surface area (Å²) in [5.41, 5.74) is 2.66. The summed E-state index contributed by atoms with van der Waals surface area (Å²) in [6.45, 7) is 17.1. The van der Waals surface area contributed by atoms with Gasteiger partial charge in [0.1, 0.15) is 42.0 Å². The second-order valence-corrected chi connectivity index (χ2v) is 20.7. The Morgan fingerprint density at radius 3 is 1.63 bits per heavy atom. The molecule has 4 rings (SSSR count). The Morgan fingerprint density at radius 2 is 1.13 bits per heavy atom. The van der Waals surface area contributed by atoms with Gasteiger partial charge in [0.05, 0.1) is 13.2 Å². The number of carbonyl (C=O) groups is 7. The number of ether oxygens (including phenoxy) is 2. The maximum absolute atomic E-state index is 15.1. The highest BCUT2D eigenvalue weighted by atomic mass is 16.5. The monoisotopic (exact) mass is 983 g/mol. The number of amides is 6. The average Bonchev–Trinajstić information content (AvgIpc) is 3.66. The first-order valence-corrected chi connectivity index (χ1v) is 25.0. The van der Waals surface area contributed by atoms with Crippen molar-refractivity contribution in [2.45, 2.75) is 156 Å². The molecule has 1 fully saturated rings. The molecule has 0 bridgehead atoms. The van der Waals surface area contributed by atoms with Gasteiger partial charge in [0.2, 0.25) is 29.5 Å². The van der Waals surface area contributed by atoms with E-state index in [1.165, 1.54) is 37.9 Å². The van der Waals surface area contributed by atoms with E-state index in [2.05, 4.69) is 20.5 Å². The first kappa shape index (κ1) is 57.1. The van der Waals surface area contributed by atoms with Gasteiger partial charge in [-0.2, -0.15) is 5.26 Å². The van der Waals surface area contributed by atoms with Crippen LogP contribution in [-0.2, 0) is 51.3 Å². The van der Waals surface area contributed by atoms with Crippen molar-refractivity contribution in [2.75, 3.05) is 28.3 Å². The molecular weight excluding hydrogens is 905 g/mol. The zero-order chi connectivity index (χ0) is 52.9. The molecule has 17 heteroatoms. The number of esters is 1. The Labute approximate surface area is 420 Å². The summed E-state index contributed by atoms with van der Waals surface area (Å²) >= 11 is 0. The van der Waals surface area contributed by atoms with Gasteiger partial charge in [0.15, 0.2) is 6.10 Å². The Bertz CT molecular complexity index is 2370. The molecule has 7 atom stereocenters. The molecule has 2 aromatic carbocycles. The average molecular weight is 983 g/mol. The molecule has 388 valence electrons. The van der Waals surface area contributed by atoms with Crippen molar-refractivity contribution < 1.29 is 43.0 Å². The maximum Gasteiger partial charge on any atom is 0.329 e. The number of fused-ring (bicyclic) bond motifs is 1. The number of para-hydroxylation sites is 1. The lowest BCUT2D eigenvalue weighted by Gasteiger charge is -2.35. The van der Waals surface area contributed by atoms with Crippen LogP contribution >= 0.6 is 0 Å². The fourth-order valence-corrected chi connectivity index (χ4v) is 9.00. The molecule has 0 unspecified atom stereocenters. The van der Waals surface area contributed by atoms with Crippen LogP contribution in [0.3, 0.4) is 0 Å². The van der Waals surface area contributed by atoms with Gasteiger partial charge in [-0.3, -0.25) is 28.8 Å². The summed E-state index contributed by atoms with van der Waals surface area (Å²) in [6.07, 6.45) is 0.851. The van der Waals surface area contributed by atoms with Gasteiger partial charge in [-0.1, -0.05) is 85.7 Å². The molecule has 71 heavy (non-hydrogen) atoms. The Morgan fingerprint density at radius 1 is 0.648 bits per heavy atom. The molecule has 1 saturated heterocycles. The molecular formula is C54H78N8O9. The number of benzene rings is 2. The number of nitriles is 1. The van der Waals surface area contributed by atoms with Gasteiger partial charge < -0.3 is 44.7 Å². The zero-order valence-corrected chi connectivity index (χ0v) is 44.1. The molecule has 17 nitrogen and oxygen atoms in total. The number of hydrogen-bond donors (Lipinski definition) is 3. The topological polar surface area (TPSA) is 212 Å². The molecule has 1 aromatic heterocycles. The summed E-state index contributed by atoms with van der Waals surface area (Å²) in [5.74, 6) is -4.43. The van der Waals surface area contributed by atoms with Crippen molar-refractivity contribution in [1.29, 1.82) is 5.26 Å². The van der Waals surface area contributed by atoms with Crippen molar-refractivity contribution in [3.63, 3.8) is 0 Å². The second-order valence-electron chi connectivity index (χ2n) is 20.7. The van der Waals surface area contributed by atoms with Crippen molar-refractivity contribution >= 4 is 52.3 Å². The van der Waals surface area contributed by atoms with E-state index in [9.17, 15) is 29.2 Å². The number of likely N-dealkylation sites (N-methyl/N-ethyl adjacent to an activating group) is 3. The van der Waals surface area contributed by atoms with Crippen molar-refractivity contribution in [3.8, 4) is 11.8 Å². The Kier molecular flexibility index (Phi) is 21.0. The smallest absolute Gasteiger partial charge is 0.329 e. The lowest BCUT2D eigenvalue weighted by molar-refractivity contribution is -0.163. The molecule has 0 saturated carbocycles. The van der Waals surface area contributed by atoms with Crippen molar-refractivity contribution in [3.05, 3.63) is 65.9 Å². The number of carbonyl (C=O) groups excluding carboxylic acids is 7. The highest BCUT2D eigenvalue weighted by molar-refractivity contribution is 5.98. The third-order valence-corrected chi connectivity index (χ3v) is 13.0. The van der Waals surface area contributed by atoms with Crippen molar-refractivity contribution in [2.24, 2.45) is 23.7 Å². The normalized spacial score (nSPS) is 23.0. The number of rotatable bonds is 15. The van der Waals surface area contributed by atoms with Crippen LogP contribution in [-0.4, -0.2) is 131 Å². The van der Waals surface area contributed by atoms with Crippen LogP contribution in [0.2, 0.25) is 0 Å². The molecule has 0 aliphatic carbocycles. The van der Waals surface area contributed by atoms with E-state index in [1.807, 2.05) is 116 Å². The molecule has 3 N–H and O–H groups in total. The van der Waals surface area contributed by atoms with Crippen LogP contribution in [0.5, 0.6) is 5.75 Å². The lowest BCUT2D eigenvalue weighted by atomic mass is 9.96. The van der Waals surface area contributed by atoms with E-state index in [0.29, 0.717) is 6.54 Å². The molecule has 2 heterocycles. The summed E-state index contributed by atoms with van der Waals surface area (Å²) in [7, 11) is 6.01. The van der Waals surface area contributed by atoms with Gasteiger partial charge in [0.25, 0.3) is 5.91 Å². The minimum Gasteiger partial charge on any atom is -0.497 e. The van der Waals surface area contributed by atoms with Crippen LogP contribution in [0.1, 0.15) is 112 Å². The molecule has 1 aliphatic heterocycles. The summed E-state index contributed by atoms with van der Waals surface area (Å²) in [4.78, 5) is 106. The Hall–Kier alpha value is -6.44. The molecule has 3 aromatic rings. The second kappa shape index (κ2) is 26.1. The van der Waals surface area contributed by atoms with Crippen LogP contribution in [0, 0.1) is 35.0 Å². The minimum atomic E-state index is -1.50. The molecule has 6 amide bonds. The highest BCUT2D eigenvalue weighted by Crippen LogP contribution is 2.27. The van der Waals surface area contributed by atoms with Crippen LogP contribution in [0.15, 0.2) is 54.7 Å². The summed E-state index contributed by atoms with van der Waals surface area (Å²) < 4.78 is 13.2. The van der Waals surface area contributed by atoms with E-state index in [0.717, 1.165) is 32.7 Å². The van der Waals surface area contributed by atoms with Crippen molar-refractivity contribution in [1.82, 2.24) is 35.2 Å². The minimum absolute atomic E-state index is 0.0171. The number of aromatic nitrogens is 1. The first-order chi connectivity index (χ1) is 33.5. The van der Waals surface area contributed by atoms with Gasteiger partial charge in [-0.25, -0.2) is 4.79 Å². The highest BCUT2D eigenvalue weighted by Gasteiger charge is 2.40. The fourth-order valence-electron chi connectivity index (χ4n) is 9.00. The van der Waals surface area contributed by atoms with E-state index >= 15 is 9.59 Å². The number of hydrogen-bond acceptors (Lipinski definition) is 10. The largest absolute Gasteiger partial charge is 0.497 e. The van der Waals surface area contributed by atoms with Gasteiger partial charge in [-0.05, 0) is 85.6 Å². The SMILES string of the molecule is COc1ccc(Cn2cc(C[C@H]3C(=O)N[C@@H](CC(C)C)C(=O)N(C)[C@@H](C)C(=O)O[C@H](CCC#N)C(=O)N[C@@H](CC(C)C)C(=O)N(C)[C@@H](CC(C)C)C(=O)N[C@@H](CC(C)C)C(=O)N3C)c3ccccc32)cc1. The quantitative estimate of drug-likeness (QED) is 0.160. The predicted molar refractivity (Wildman–Crippen MR) is 271 cm³/mol. The van der Waals surface area contributed by atoms with E-state index < -0.39 is 83.8 Å².